The topological polar surface area (TPSA) is 55.8 Å². The minimum absolute atomic E-state index is 0.155. The van der Waals surface area contributed by atoms with Gasteiger partial charge in [-0.25, -0.2) is 4.79 Å². The van der Waals surface area contributed by atoms with Crippen molar-refractivity contribution in [3.63, 3.8) is 0 Å². The summed E-state index contributed by atoms with van der Waals surface area (Å²) in [6.45, 7) is 5.79. The van der Waals surface area contributed by atoms with Gasteiger partial charge in [0.05, 0.1) is 0 Å². The van der Waals surface area contributed by atoms with E-state index in [1.54, 1.807) is 20.8 Å². The molecule has 5 nitrogen and oxygen atoms in total. The molecule has 1 aliphatic rings. The number of likely N-dealkylation sites (tertiary alicyclic amines) is 1. The fourth-order valence-electron chi connectivity index (χ4n) is 1.67. The van der Waals surface area contributed by atoms with Crippen LogP contribution in [0.3, 0.4) is 0 Å². The van der Waals surface area contributed by atoms with Crippen LogP contribution in [0.15, 0.2) is 0 Å². The molecular weight excluding hydrogens is 210 g/mol. The number of ether oxygens (including phenoxy) is 2. The third-order valence-corrected chi connectivity index (χ3v) is 2.38. The molecule has 2 atom stereocenters. The molecule has 0 N–H and O–H groups in total. The molecule has 1 saturated heterocycles. The van der Waals surface area contributed by atoms with E-state index in [1.807, 2.05) is 0 Å². The van der Waals surface area contributed by atoms with E-state index >= 15 is 0 Å². The molecule has 0 aromatic heterocycles. The van der Waals surface area contributed by atoms with Crippen LogP contribution in [0.5, 0.6) is 0 Å². The van der Waals surface area contributed by atoms with Crippen LogP contribution in [-0.2, 0) is 14.3 Å². The molecule has 0 bridgehead atoms. The van der Waals surface area contributed by atoms with E-state index in [0.717, 1.165) is 6.29 Å². The second-order valence-electron chi connectivity index (χ2n) is 4.95. The van der Waals surface area contributed by atoms with Gasteiger partial charge < -0.3 is 14.3 Å². The van der Waals surface area contributed by atoms with Gasteiger partial charge in [0.15, 0.2) is 0 Å². The Bertz CT molecular complexity index is 272. The number of carbonyl (C=O) groups is 2. The van der Waals surface area contributed by atoms with Crippen molar-refractivity contribution in [1.29, 1.82) is 0 Å². The highest BCUT2D eigenvalue weighted by atomic mass is 16.6. The van der Waals surface area contributed by atoms with E-state index in [4.69, 9.17) is 9.47 Å². The predicted octanol–water partition coefficient (Wildman–Crippen LogP) is 1.41. The maximum Gasteiger partial charge on any atom is 0.412 e. The normalized spacial score (nSPS) is 25.6. The molecule has 0 aromatic rings. The average Bonchev–Trinajstić information content (AvgIpc) is 2.58. The predicted molar refractivity (Wildman–Crippen MR) is 57.9 cm³/mol. The van der Waals surface area contributed by atoms with Crippen LogP contribution < -0.4 is 0 Å². The molecule has 5 heteroatoms. The third-order valence-electron chi connectivity index (χ3n) is 2.38. The van der Waals surface area contributed by atoms with E-state index < -0.39 is 11.7 Å². The lowest BCUT2D eigenvalue weighted by Gasteiger charge is -2.27. The minimum atomic E-state index is -0.533. The fraction of sp³-hybridized carbons (Fsp3) is 0.818. The van der Waals surface area contributed by atoms with Crippen molar-refractivity contribution < 1.29 is 19.1 Å². The van der Waals surface area contributed by atoms with Gasteiger partial charge in [-0.05, 0) is 20.8 Å². The zero-order valence-electron chi connectivity index (χ0n) is 10.2. The quantitative estimate of drug-likeness (QED) is 0.672. The Kier molecular flexibility index (Phi) is 3.91. The monoisotopic (exact) mass is 229 g/mol. The third kappa shape index (κ3) is 3.20. The van der Waals surface area contributed by atoms with Gasteiger partial charge in [-0.1, -0.05) is 0 Å². The number of hydrogen-bond acceptors (Lipinski definition) is 4. The van der Waals surface area contributed by atoms with Crippen molar-refractivity contribution in [1.82, 2.24) is 4.90 Å². The molecule has 2 unspecified atom stereocenters. The number of methoxy groups -OCH3 is 1. The Balaban J connectivity index is 2.64. The van der Waals surface area contributed by atoms with Gasteiger partial charge in [0.2, 0.25) is 0 Å². The van der Waals surface area contributed by atoms with Crippen molar-refractivity contribution in [3.05, 3.63) is 0 Å². The highest BCUT2D eigenvalue weighted by Gasteiger charge is 2.37. The Morgan fingerprint density at radius 2 is 2.06 bits per heavy atom. The van der Waals surface area contributed by atoms with E-state index in [9.17, 15) is 9.59 Å². The summed E-state index contributed by atoms with van der Waals surface area (Å²) in [5.74, 6) is -0.155. The average molecular weight is 229 g/mol. The van der Waals surface area contributed by atoms with Crippen LogP contribution in [0.2, 0.25) is 0 Å². The summed E-state index contributed by atoms with van der Waals surface area (Å²) >= 11 is 0. The summed E-state index contributed by atoms with van der Waals surface area (Å²) in [4.78, 5) is 23.9. The summed E-state index contributed by atoms with van der Waals surface area (Å²) in [6.07, 6.45) is 0.615. The number of aldehydes is 1. The van der Waals surface area contributed by atoms with Gasteiger partial charge in [-0.15, -0.1) is 0 Å². The standard InChI is InChI=1S/C11H19NO4/c1-11(2,3)16-10(14)12-6-8(7-13)5-9(12)15-4/h7-9H,5-6H2,1-4H3. The first kappa shape index (κ1) is 13.0. The van der Waals surface area contributed by atoms with E-state index in [0.29, 0.717) is 13.0 Å². The van der Waals surface area contributed by atoms with E-state index in [-0.39, 0.29) is 12.1 Å². The summed E-state index contributed by atoms with van der Waals surface area (Å²) < 4.78 is 10.4. The van der Waals surface area contributed by atoms with Crippen LogP contribution in [0.25, 0.3) is 0 Å². The molecule has 1 fully saturated rings. The zero-order valence-corrected chi connectivity index (χ0v) is 10.2. The van der Waals surface area contributed by atoms with Gasteiger partial charge in [-0.3, -0.25) is 4.90 Å². The van der Waals surface area contributed by atoms with Crippen LogP contribution in [0.1, 0.15) is 27.2 Å². The molecule has 1 heterocycles. The molecular formula is C11H19NO4. The molecule has 1 aliphatic heterocycles. The van der Waals surface area contributed by atoms with Crippen molar-refractivity contribution in [2.24, 2.45) is 5.92 Å². The van der Waals surface area contributed by atoms with Crippen molar-refractivity contribution in [2.45, 2.75) is 39.0 Å². The number of hydrogen-bond donors (Lipinski definition) is 0. The number of amides is 1. The summed E-state index contributed by atoms with van der Waals surface area (Å²) in [6, 6.07) is 0. The lowest BCUT2D eigenvalue weighted by Crippen LogP contribution is -2.40. The van der Waals surface area contributed by atoms with Gasteiger partial charge in [0.25, 0.3) is 0 Å². The lowest BCUT2D eigenvalue weighted by molar-refractivity contribution is -0.110. The Morgan fingerprint density at radius 1 is 1.44 bits per heavy atom. The molecule has 1 amide bonds. The fourth-order valence-corrected chi connectivity index (χ4v) is 1.67. The SMILES string of the molecule is COC1CC(C=O)CN1C(=O)OC(C)(C)C. The first-order valence-electron chi connectivity index (χ1n) is 5.35. The van der Waals surface area contributed by atoms with Gasteiger partial charge in [-0.2, -0.15) is 0 Å². The van der Waals surface area contributed by atoms with Crippen LogP contribution in [0, 0.1) is 5.92 Å². The first-order chi connectivity index (χ1) is 7.37. The van der Waals surface area contributed by atoms with Crippen LogP contribution in [0.4, 0.5) is 4.79 Å². The molecule has 0 aromatic carbocycles. The molecule has 0 aliphatic carbocycles. The molecule has 16 heavy (non-hydrogen) atoms. The first-order valence-corrected chi connectivity index (χ1v) is 5.35. The Morgan fingerprint density at radius 3 is 2.50 bits per heavy atom. The Labute approximate surface area is 95.7 Å². The summed E-state index contributed by atoms with van der Waals surface area (Å²) in [5, 5.41) is 0. The number of nitrogens with zero attached hydrogens (tertiary/aromatic N) is 1. The van der Waals surface area contributed by atoms with E-state index in [2.05, 4.69) is 0 Å². The molecule has 0 saturated carbocycles. The van der Waals surface area contributed by atoms with Gasteiger partial charge >= 0.3 is 6.09 Å². The van der Waals surface area contributed by atoms with E-state index in [1.165, 1.54) is 12.0 Å². The zero-order chi connectivity index (χ0) is 12.3. The highest BCUT2D eigenvalue weighted by molar-refractivity contribution is 5.70. The van der Waals surface area contributed by atoms with Crippen LogP contribution in [-0.4, -0.2) is 42.8 Å². The molecule has 0 spiro atoms. The smallest absolute Gasteiger partial charge is 0.412 e. The largest absolute Gasteiger partial charge is 0.444 e. The summed E-state index contributed by atoms with van der Waals surface area (Å²) in [5.41, 5.74) is -0.533. The maximum absolute atomic E-state index is 11.8. The second kappa shape index (κ2) is 4.82. The lowest BCUT2D eigenvalue weighted by atomic mass is 10.1. The number of rotatable bonds is 2. The Hall–Kier alpha value is -1.10. The maximum atomic E-state index is 11.8. The molecule has 92 valence electrons. The second-order valence-corrected chi connectivity index (χ2v) is 4.95. The number of carbonyl (C=O) groups excluding carboxylic acids is 2. The van der Waals surface area contributed by atoms with Crippen molar-refractivity contribution in [3.8, 4) is 0 Å². The van der Waals surface area contributed by atoms with Crippen molar-refractivity contribution in [2.75, 3.05) is 13.7 Å². The molecule has 0 radical (unpaired) electrons. The van der Waals surface area contributed by atoms with Gasteiger partial charge in [0, 0.05) is 26.0 Å². The van der Waals surface area contributed by atoms with Crippen molar-refractivity contribution >= 4 is 12.4 Å². The highest BCUT2D eigenvalue weighted by Crippen LogP contribution is 2.24. The van der Waals surface area contributed by atoms with Gasteiger partial charge in [0.1, 0.15) is 18.1 Å². The van der Waals surface area contributed by atoms with Crippen LogP contribution >= 0.6 is 0 Å². The molecule has 1 rings (SSSR count). The minimum Gasteiger partial charge on any atom is -0.444 e. The summed E-state index contributed by atoms with van der Waals surface area (Å²) in [7, 11) is 1.52.